The maximum Gasteiger partial charge on any atom is 0.311 e. The molecule has 0 saturated heterocycles. The summed E-state index contributed by atoms with van der Waals surface area (Å²) in [6.45, 7) is 2.58. The van der Waals surface area contributed by atoms with Crippen molar-refractivity contribution in [1.29, 1.82) is 0 Å². The number of hydrogen-bond acceptors (Lipinski definition) is 6. The number of rotatable bonds is 6. The summed E-state index contributed by atoms with van der Waals surface area (Å²) in [4.78, 5) is 13.9. The van der Waals surface area contributed by atoms with Gasteiger partial charge in [-0.25, -0.2) is 4.68 Å². The van der Waals surface area contributed by atoms with Crippen molar-refractivity contribution in [3.8, 4) is 5.69 Å². The van der Waals surface area contributed by atoms with Crippen LogP contribution in [0.25, 0.3) is 5.69 Å². The first kappa shape index (κ1) is 16.8. The normalized spacial score (nSPS) is 10.8. The SMILES string of the molecule is COCc1nnc(C(=O)N(C)Cc2cnn(-c3ccccc3C)c2)o1. The van der Waals surface area contributed by atoms with Gasteiger partial charge in [-0.2, -0.15) is 5.10 Å². The van der Waals surface area contributed by atoms with Crippen LogP contribution in [-0.4, -0.2) is 44.9 Å². The molecule has 1 amide bonds. The fourth-order valence-electron chi connectivity index (χ4n) is 2.42. The third-order valence-electron chi connectivity index (χ3n) is 3.68. The molecule has 0 aliphatic rings. The van der Waals surface area contributed by atoms with Crippen molar-refractivity contribution in [3.05, 3.63) is 59.6 Å². The molecule has 1 aromatic carbocycles. The summed E-state index contributed by atoms with van der Waals surface area (Å²) in [7, 11) is 3.19. The van der Waals surface area contributed by atoms with Crippen LogP contribution in [0.15, 0.2) is 41.1 Å². The van der Waals surface area contributed by atoms with Gasteiger partial charge in [-0.3, -0.25) is 4.79 Å². The average molecular weight is 341 g/mol. The molecule has 3 rings (SSSR count). The molecular formula is C17H19N5O3. The van der Waals surface area contributed by atoms with E-state index in [1.807, 2.05) is 37.4 Å². The highest BCUT2D eigenvalue weighted by atomic mass is 16.5. The molecule has 8 heteroatoms. The van der Waals surface area contributed by atoms with Gasteiger partial charge in [-0.05, 0) is 18.6 Å². The highest BCUT2D eigenvalue weighted by molar-refractivity contribution is 5.89. The molecule has 0 saturated carbocycles. The maximum atomic E-state index is 12.4. The molecule has 2 heterocycles. The van der Waals surface area contributed by atoms with Crippen molar-refractivity contribution >= 4 is 5.91 Å². The second-order valence-electron chi connectivity index (χ2n) is 5.67. The van der Waals surface area contributed by atoms with Gasteiger partial charge in [0.1, 0.15) is 6.61 Å². The molecule has 0 fully saturated rings. The fraction of sp³-hybridized carbons (Fsp3) is 0.294. The highest BCUT2D eigenvalue weighted by Crippen LogP contribution is 2.14. The lowest BCUT2D eigenvalue weighted by Crippen LogP contribution is -2.26. The van der Waals surface area contributed by atoms with E-state index in [1.165, 1.54) is 12.0 Å². The molecule has 2 aromatic heterocycles. The summed E-state index contributed by atoms with van der Waals surface area (Å²) in [5.41, 5.74) is 3.03. The van der Waals surface area contributed by atoms with Gasteiger partial charge in [0.2, 0.25) is 5.89 Å². The summed E-state index contributed by atoms with van der Waals surface area (Å²) < 4.78 is 12.0. The molecule has 0 atom stereocenters. The van der Waals surface area contributed by atoms with Crippen LogP contribution in [0.5, 0.6) is 0 Å². The summed E-state index contributed by atoms with van der Waals surface area (Å²) in [5.74, 6) is -0.133. The Balaban J connectivity index is 1.69. The molecule has 130 valence electrons. The average Bonchev–Trinajstić information content (AvgIpc) is 3.25. The zero-order valence-electron chi connectivity index (χ0n) is 14.3. The molecular weight excluding hydrogens is 322 g/mol. The van der Waals surface area contributed by atoms with E-state index >= 15 is 0 Å². The van der Waals surface area contributed by atoms with E-state index in [0.717, 1.165) is 16.8 Å². The van der Waals surface area contributed by atoms with Gasteiger partial charge in [-0.1, -0.05) is 18.2 Å². The highest BCUT2D eigenvalue weighted by Gasteiger charge is 2.20. The molecule has 8 nitrogen and oxygen atoms in total. The minimum atomic E-state index is -0.349. The topological polar surface area (TPSA) is 86.3 Å². The smallest absolute Gasteiger partial charge is 0.311 e. The maximum absolute atomic E-state index is 12.4. The summed E-state index contributed by atoms with van der Waals surface area (Å²) in [6, 6.07) is 7.97. The van der Waals surface area contributed by atoms with Crippen molar-refractivity contribution in [2.45, 2.75) is 20.1 Å². The van der Waals surface area contributed by atoms with E-state index < -0.39 is 0 Å². The van der Waals surface area contributed by atoms with Crippen LogP contribution in [0.1, 0.15) is 27.7 Å². The first-order valence-electron chi connectivity index (χ1n) is 7.75. The van der Waals surface area contributed by atoms with E-state index in [1.54, 1.807) is 17.9 Å². The molecule has 0 unspecified atom stereocenters. The number of hydrogen-bond donors (Lipinski definition) is 0. The largest absolute Gasteiger partial charge is 0.414 e. The minimum Gasteiger partial charge on any atom is -0.414 e. The predicted octanol–water partition coefficient (Wildman–Crippen LogP) is 1.98. The zero-order valence-corrected chi connectivity index (χ0v) is 14.3. The van der Waals surface area contributed by atoms with Gasteiger partial charge in [0, 0.05) is 32.5 Å². The Morgan fingerprint density at radius 3 is 2.88 bits per heavy atom. The number of benzene rings is 1. The molecule has 0 spiro atoms. The number of nitrogens with zero attached hydrogens (tertiary/aromatic N) is 5. The molecule has 25 heavy (non-hydrogen) atoms. The van der Waals surface area contributed by atoms with Crippen LogP contribution in [-0.2, 0) is 17.9 Å². The lowest BCUT2D eigenvalue weighted by molar-refractivity contribution is 0.0737. The van der Waals surface area contributed by atoms with E-state index in [4.69, 9.17) is 9.15 Å². The third-order valence-corrected chi connectivity index (χ3v) is 3.68. The van der Waals surface area contributed by atoms with E-state index in [9.17, 15) is 4.79 Å². The molecule has 0 radical (unpaired) electrons. The van der Waals surface area contributed by atoms with Crippen molar-refractivity contribution < 1.29 is 13.9 Å². The van der Waals surface area contributed by atoms with E-state index in [0.29, 0.717) is 6.54 Å². The quantitative estimate of drug-likeness (QED) is 0.681. The molecule has 0 aliphatic carbocycles. The van der Waals surface area contributed by atoms with Crippen LogP contribution in [0, 0.1) is 6.92 Å². The third kappa shape index (κ3) is 3.74. The standard InChI is InChI=1S/C17H19N5O3/c1-12-6-4-5-7-14(12)22-10-13(8-18-22)9-21(2)17(23)16-20-19-15(25-16)11-24-3/h4-8,10H,9,11H2,1-3H3. The van der Waals surface area contributed by atoms with E-state index in [-0.39, 0.29) is 24.3 Å². The van der Waals surface area contributed by atoms with Gasteiger partial charge in [-0.15, -0.1) is 10.2 Å². The number of ether oxygens (including phenoxy) is 1. The van der Waals surface area contributed by atoms with Gasteiger partial charge >= 0.3 is 11.8 Å². The first-order chi connectivity index (χ1) is 12.1. The Kier molecular flexibility index (Phi) is 4.90. The minimum absolute atomic E-state index is 0.0548. The lowest BCUT2D eigenvalue weighted by Gasteiger charge is -2.13. The van der Waals surface area contributed by atoms with Gasteiger partial charge in [0.05, 0.1) is 11.9 Å². The molecule has 0 aliphatic heterocycles. The number of methoxy groups -OCH3 is 1. The Morgan fingerprint density at radius 1 is 1.32 bits per heavy atom. The number of aryl methyl sites for hydroxylation is 1. The Bertz CT molecular complexity index is 871. The van der Waals surface area contributed by atoms with Crippen molar-refractivity contribution in [1.82, 2.24) is 24.9 Å². The van der Waals surface area contributed by atoms with Gasteiger partial charge in [0.25, 0.3) is 0 Å². The predicted molar refractivity (Wildman–Crippen MR) is 89.1 cm³/mol. The van der Waals surface area contributed by atoms with Crippen molar-refractivity contribution in [2.24, 2.45) is 0 Å². The monoisotopic (exact) mass is 341 g/mol. The summed E-state index contributed by atoms with van der Waals surface area (Å²) >= 11 is 0. The molecule has 3 aromatic rings. The zero-order chi connectivity index (χ0) is 17.8. The molecule has 0 N–H and O–H groups in total. The fourth-order valence-corrected chi connectivity index (χ4v) is 2.42. The number of carbonyl (C=O) groups is 1. The van der Waals surface area contributed by atoms with Crippen LogP contribution in [0.4, 0.5) is 0 Å². The van der Waals surface area contributed by atoms with Crippen LogP contribution in [0.2, 0.25) is 0 Å². The number of aromatic nitrogens is 4. The van der Waals surface area contributed by atoms with Gasteiger partial charge < -0.3 is 14.1 Å². The lowest BCUT2D eigenvalue weighted by atomic mass is 10.2. The summed E-state index contributed by atoms with van der Waals surface area (Å²) in [6.07, 6.45) is 3.64. The number of amides is 1. The first-order valence-corrected chi connectivity index (χ1v) is 7.75. The van der Waals surface area contributed by atoms with Crippen LogP contribution < -0.4 is 0 Å². The summed E-state index contributed by atoms with van der Waals surface area (Å²) in [5, 5.41) is 11.9. The van der Waals surface area contributed by atoms with Crippen LogP contribution in [0.3, 0.4) is 0 Å². The number of para-hydroxylation sites is 1. The number of carbonyl (C=O) groups excluding carboxylic acids is 1. The Morgan fingerprint density at radius 2 is 2.12 bits per heavy atom. The second kappa shape index (κ2) is 7.27. The van der Waals surface area contributed by atoms with Crippen LogP contribution >= 0.6 is 0 Å². The van der Waals surface area contributed by atoms with E-state index in [2.05, 4.69) is 15.3 Å². The van der Waals surface area contributed by atoms with Gasteiger partial charge in [0.15, 0.2) is 0 Å². The Labute approximate surface area is 145 Å². The van der Waals surface area contributed by atoms with Crippen molar-refractivity contribution in [3.63, 3.8) is 0 Å². The Hall–Kier alpha value is -3.00. The molecule has 0 bridgehead atoms. The second-order valence-corrected chi connectivity index (χ2v) is 5.67. The van der Waals surface area contributed by atoms with Crippen molar-refractivity contribution in [2.75, 3.05) is 14.2 Å².